The summed E-state index contributed by atoms with van der Waals surface area (Å²) in [5.41, 5.74) is 7.31. The zero-order chi connectivity index (χ0) is 39.8. The maximum absolute atomic E-state index is 13.6. The molecule has 0 bridgehead atoms. The number of hydrogen-bond acceptors (Lipinski definition) is 9. The van der Waals surface area contributed by atoms with Crippen LogP contribution in [-0.2, 0) is 50.9 Å². The van der Waals surface area contributed by atoms with Crippen LogP contribution in [-0.4, -0.2) is 52.1 Å². The van der Waals surface area contributed by atoms with Crippen molar-refractivity contribution in [3.63, 3.8) is 0 Å². The van der Waals surface area contributed by atoms with Crippen molar-refractivity contribution in [1.29, 1.82) is 0 Å². The van der Waals surface area contributed by atoms with E-state index in [1.807, 2.05) is 122 Å². The van der Waals surface area contributed by atoms with Gasteiger partial charge >= 0.3 is 0 Å². The summed E-state index contributed by atoms with van der Waals surface area (Å²) in [6.07, 6.45) is 1.60. The number of nitrogens with one attached hydrogen (secondary N) is 2. The van der Waals surface area contributed by atoms with Crippen LogP contribution in [0.15, 0.2) is 144 Å². The number of hydrogen-bond donors (Lipinski definition) is 3. The van der Waals surface area contributed by atoms with E-state index >= 15 is 0 Å². The quantitative estimate of drug-likeness (QED) is 0.0953. The minimum Gasteiger partial charge on any atom is -0.392 e. The van der Waals surface area contributed by atoms with E-state index < -0.39 is 28.3 Å². The molecule has 57 heavy (non-hydrogen) atoms. The maximum atomic E-state index is 13.6. The molecule has 1 saturated heterocycles. The first-order chi connectivity index (χ1) is 27.6. The van der Waals surface area contributed by atoms with Gasteiger partial charge in [0.05, 0.1) is 23.7 Å². The summed E-state index contributed by atoms with van der Waals surface area (Å²) in [6.45, 7) is 2.07. The van der Waals surface area contributed by atoms with E-state index in [2.05, 4.69) is 20.2 Å². The lowest BCUT2D eigenvalue weighted by atomic mass is 9.99. The van der Waals surface area contributed by atoms with Gasteiger partial charge in [0.1, 0.15) is 12.4 Å². The Morgan fingerprint density at radius 3 is 2.28 bits per heavy atom. The molecular formula is C44H45N5O6S2. The molecule has 1 aromatic heterocycles. The van der Waals surface area contributed by atoms with Gasteiger partial charge in [-0.15, -0.1) is 10.2 Å². The van der Waals surface area contributed by atoms with Gasteiger partial charge in [0.25, 0.3) is 0 Å². The van der Waals surface area contributed by atoms with Gasteiger partial charge in [-0.1, -0.05) is 127 Å². The second-order valence-electron chi connectivity index (χ2n) is 14.1. The first kappa shape index (κ1) is 40.1. The Balaban J connectivity index is 1.03. The lowest BCUT2D eigenvalue weighted by Gasteiger charge is -2.36. The molecule has 5 aromatic carbocycles. The van der Waals surface area contributed by atoms with E-state index in [1.54, 1.807) is 30.2 Å². The number of amides is 1. The molecule has 0 spiro atoms. The first-order valence-electron chi connectivity index (χ1n) is 18.7. The topological polar surface area (TPSA) is 145 Å². The molecule has 0 unspecified atom stereocenters. The molecule has 1 fully saturated rings. The van der Waals surface area contributed by atoms with Crippen LogP contribution in [0.1, 0.15) is 52.2 Å². The molecule has 1 aliphatic rings. The van der Waals surface area contributed by atoms with Crippen LogP contribution in [0.25, 0.3) is 11.1 Å². The number of carbonyl (C=O) groups is 1. The summed E-state index contributed by atoms with van der Waals surface area (Å²) in [5.74, 6) is 0.248. The number of nitrogens with zero attached hydrogens (tertiary/aromatic N) is 3. The third-order valence-electron chi connectivity index (χ3n) is 9.82. The van der Waals surface area contributed by atoms with Crippen LogP contribution in [0.3, 0.4) is 0 Å². The molecule has 6 aromatic rings. The highest BCUT2D eigenvalue weighted by molar-refractivity contribution is 7.99. The minimum absolute atomic E-state index is 0.0213. The summed E-state index contributed by atoms with van der Waals surface area (Å²) in [5, 5.41) is 21.5. The SMILES string of the molecule is Cc1ccc(S(=O)(=O)N[C@H](Cc2ccccc2)C(=O)NCc2cccc(-c3ccc([C@@H]4O[C@H](CSc5nncn5C)C[C@H](c5ccc(CO)cc5)O4)cc3)c2)cc1. The highest BCUT2D eigenvalue weighted by Gasteiger charge is 2.33. The monoisotopic (exact) mass is 803 g/mol. The molecule has 7 rings (SSSR count). The van der Waals surface area contributed by atoms with E-state index in [-0.39, 0.29) is 36.7 Å². The van der Waals surface area contributed by atoms with Crippen molar-refractivity contribution in [1.82, 2.24) is 24.8 Å². The Labute approximate surface area is 337 Å². The number of carbonyl (C=O) groups excluding carboxylic acids is 1. The number of aromatic nitrogens is 3. The number of thioether (sulfide) groups is 1. The number of ether oxygens (including phenoxy) is 2. The highest BCUT2D eigenvalue weighted by atomic mass is 32.2. The minimum atomic E-state index is -3.96. The van der Waals surface area contributed by atoms with E-state index in [0.717, 1.165) is 49.7 Å². The molecule has 11 nitrogen and oxygen atoms in total. The number of aliphatic hydroxyl groups excluding tert-OH is 1. The standard InChI is InChI=1S/C44H45N5O6S2/c1-30-11-21-39(22-12-30)57(52,53)48-40(24-31-7-4-3-5-8-31)42(51)45-26-33-9-6-10-37(23-33)34-17-19-36(20-18-34)43-54-38(28-56-44-47-46-29-49(44)2)25-41(55-43)35-15-13-32(27-50)14-16-35/h3-23,29,38,40-41,43,48,50H,24-28H2,1-2H3,(H,45,51)/t38-,40+,41+,43+/m0/s1. The van der Waals surface area contributed by atoms with Crippen LogP contribution in [0.5, 0.6) is 0 Å². The number of aryl methyl sites for hydroxylation is 2. The fourth-order valence-electron chi connectivity index (χ4n) is 6.61. The summed E-state index contributed by atoms with van der Waals surface area (Å²) < 4.78 is 44.3. The predicted octanol–water partition coefficient (Wildman–Crippen LogP) is 6.83. The third-order valence-corrected chi connectivity index (χ3v) is 12.5. The summed E-state index contributed by atoms with van der Waals surface area (Å²) in [4.78, 5) is 13.7. The summed E-state index contributed by atoms with van der Waals surface area (Å²) >= 11 is 1.59. The molecule has 4 atom stereocenters. The molecule has 0 radical (unpaired) electrons. The van der Waals surface area contributed by atoms with Crippen LogP contribution in [0.4, 0.5) is 0 Å². The molecule has 294 valence electrons. The second kappa shape index (κ2) is 18.4. The third kappa shape index (κ3) is 10.4. The Morgan fingerprint density at radius 2 is 1.58 bits per heavy atom. The molecule has 3 N–H and O–H groups in total. The second-order valence-corrected chi connectivity index (χ2v) is 16.8. The Hall–Kier alpha value is -5.15. The predicted molar refractivity (Wildman–Crippen MR) is 219 cm³/mol. The Bertz CT molecular complexity index is 2360. The van der Waals surface area contributed by atoms with Crippen LogP contribution < -0.4 is 10.0 Å². The van der Waals surface area contributed by atoms with Crippen molar-refractivity contribution in [2.75, 3.05) is 5.75 Å². The van der Waals surface area contributed by atoms with Crippen LogP contribution >= 0.6 is 11.8 Å². The van der Waals surface area contributed by atoms with Gasteiger partial charge in [-0.25, -0.2) is 8.42 Å². The Kier molecular flexibility index (Phi) is 12.9. The van der Waals surface area contributed by atoms with Crippen molar-refractivity contribution in [2.45, 2.75) is 67.5 Å². The van der Waals surface area contributed by atoms with Gasteiger partial charge in [0, 0.05) is 31.3 Å². The Morgan fingerprint density at radius 1 is 0.860 bits per heavy atom. The highest BCUT2D eigenvalue weighted by Crippen LogP contribution is 2.39. The first-order valence-corrected chi connectivity index (χ1v) is 21.2. The van der Waals surface area contributed by atoms with Crippen molar-refractivity contribution >= 4 is 27.7 Å². The fraction of sp³-hybridized carbons (Fsp3) is 0.250. The van der Waals surface area contributed by atoms with E-state index in [9.17, 15) is 18.3 Å². The number of sulfonamides is 1. The average molecular weight is 804 g/mol. The van der Waals surface area contributed by atoms with Crippen LogP contribution in [0.2, 0.25) is 0 Å². The van der Waals surface area contributed by atoms with E-state index in [4.69, 9.17) is 9.47 Å². The summed E-state index contributed by atoms with van der Waals surface area (Å²) in [6, 6.07) is 38.6. The smallest absolute Gasteiger partial charge is 0.241 e. The maximum Gasteiger partial charge on any atom is 0.241 e. The molecular weight excluding hydrogens is 759 g/mol. The van der Waals surface area contributed by atoms with Gasteiger partial charge in [-0.05, 0) is 64.9 Å². The van der Waals surface area contributed by atoms with Gasteiger partial charge in [-0.2, -0.15) is 4.72 Å². The molecule has 0 saturated carbocycles. The van der Waals surface area contributed by atoms with E-state index in [0.29, 0.717) is 12.2 Å². The normalized spacial score (nSPS) is 17.6. The molecule has 0 aliphatic carbocycles. The van der Waals surface area contributed by atoms with Crippen molar-refractivity contribution in [3.8, 4) is 11.1 Å². The van der Waals surface area contributed by atoms with Crippen molar-refractivity contribution < 1.29 is 27.8 Å². The number of rotatable bonds is 15. The van der Waals surface area contributed by atoms with E-state index in [1.165, 1.54) is 12.1 Å². The van der Waals surface area contributed by atoms with Gasteiger partial charge in [0.15, 0.2) is 11.4 Å². The molecule has 1 aliphatic heterocycles. The lowest BCUT2D eigenvalue weighted by Crippen LogP contribution is -2.47. The van der Waals surface area contributed by atoms with Gasteiger partial charge in [-0.3, -0.25) is 4.79 Å². The summed E-state index contributed by atoms with van der Waals surface area (Å²) in [7, 11) is -2.04. The van der Waals surface area contributed by atoms with Crippen molar-refractivity contribution in [2.24, 2.45) is 7.05 Å². The molecule has 2 heterocycles. The van der Waals surface area contributed by atoms with Gasteiger partial charge in [0.2, 0.25) is 15.9 Å². The lowest BCUT2D eigenvalue weighted by molar-refractivity contribution is -0.245. The zero-order valence-electron chi connectivity index (χ0n) is 31.7. The molecule has 1 amide bonds. The van der Waals surface area contributed by atoms with Crippen molar-refractivity contribution in [3.05, 3.63) is 167 Å². The van der Waals surface area contributed by atoms with Gasteiger partial charge < -0.3 is 24.5 Å². The number of aliphatic hydroxyl groups is 1. The van der Waals surface area contributed by atoms with Crippen LogP contribution in [0, 0.1) is 6.92 Å². The zero-order valence-corrected chi connectivity index (χ0v) is 33.3. The fourth-order valence-corrected chi connectivity index (χ4v) is 8.71. The average Bonchev–Trinajstić information content (AvgIpc) is 3.66. The number of benzene rings is 5. The largest absolute Gasteiger partial charge is 0.392 e. The molecule has 13 heteroatoms.